The smallest absolute Gasteiger partial charge is 0.321 e. The molecule has 0 aliphatic carbocycles. The minimum atomic E-state index is -0.852. The zero-order valence-electron chi connectivity index (χ0n) is 13.1. The van der Waals surface area contributed by atoms with Crippen LogP contribution in [0.4, 0.5) is 11.4 Å². The van der Waals surface area contributed by atoms with Crippen molar-refractivity contribution in [2.75, 3.05) is 0 Å². The lowest BCUT2D eigenvalue weighted by Gasteiger charge is -2.24. The molecule has 0 spiro atoms. The fourth-order valence-corrected chi connectivity index (χ4v) is 1.95. The number of non-ortho nitro benzene ring substituents is 1. The van der Waals surface area contributed by atoms with Crippen LogP contribution < -0.4 is 4.84 Å². The average Bonchev–Trinajstić information content (AvgIpc) is 2.43. The Bertz CT molecular complexity index is 622. The zero-order chi connectivity index (χ0) is 17.7. The van der Waals surface area contributed by atoms with Crippen LogP contribution >= 0.6 is 0 Å². The maximum atomic E-state index is 11.9. The largest absolute Gasteiger partial charge is 0.569 e. The van der Waals surface area contributed by atoms with Crippen molar-refractivity contribution in [1.82, 2.24) is 5.01 Å². The molecule has 0 amide bonds. The third-order valence-electron chi connectivity index (χ3n) is 2.81. The van der Waals surface area contributed by atoms with Gasteiger partial charge in [-0.2, -0.15) is 0 Å². The molecule has 126 valence electrons. The highest BCUT2D eigenvalue weighted by Crippen LogP contribution is 2.31. The van der Waals surface area contributed by atoms with Crippen LogP contribution in [0.2, 0.25) is 0 Å². The molecule has 1 aromatic carbocycles. The third-order valence-corrected chi connectivity index (χ3v) is 2.81. The molecular weight excluding hydrogens is 310 g/mol. The number of hydrogen-bond donors (Lipinski definition) is 0. The van der Waals surface area contributed by atoms with E-state index in [0.717, 1.165) is 18.2 Å². The molecule has 0 atom stereocenters. The molecule has 11 nitrogen and oxygen atoms in total. The lowest BCUT2D eigenvalue weighted by Crippen LogP contribution is -2.42. The van der Waals surface area contributed by atoms with E-state index in [1.54, 1.807) is 27.7 Å². The molecule has 1 aromatic rings. The summed E-state index contributed by atoms with van der Waals surface area (Å²) < 4.78 is 0. The summed E-state index contributed by atoms with van der Waals surface area (Å²) in [6, 6.07) is 2.43. The lowest BCUT2D eigenvalue weighted by molar-refractivity contribution is -0.720. The maximum absolute atomic E-state index is 11.9. The number of hydrogen-bond acceptors (Lipinski definition) is 7. The first-order valence-corrected chi connectivity index (χ1v) is 6.71. The van der Waals surface area contributed by atoms with Crippen molar-refractivity contribution in [1.29, 1.82) is 0 Å². The molecule has 0 fully saturated rings. The van der Waals surface area contributed by atoms with Crippen molar-refractivity contribution < 1.29 is 19.7 Å². The van der Waals surface area contributed by atoms with Gasteiger partial charge in [-0.3, -0.25) is 25.1 Å². The molecule has 0 unspecified atom stereocenters. The molecule has 0 bridgehead atoms. The molecule has 11 heteroatoms. The van der Waals surface area contributed by atoms with Gasteiger partial charge in [0.25, 0.3) is 5.69 Å². The number of benzene rings is 1. The summed E-state index contributed by atoms with van der Waals surface area (Å²) in [5.74, 6) is -0.367. The molecule has 0 aliphatic heterocycles. The van der Waals surface area contributed by atoms with Crippen LogP contribution in [0.25, 0.3) is 0 Å². The van der Waals surface area contributed by atoms with E-state index in [0.29, 0.717) is 0 Å². The Morgan fingerprint density at radius 1 is 1.04 bits per heavy atom. The Labute approximate surface area is 131 Å². The molecule has 0 aromatic heterocycles. The van der Waals surface area contributed by atoms with Gasteiger partial charge in [-0.25, -0.2) is 0 Å². The molecule has 0 radical (unpaired) electrons. The van der Waals surface area contributed by atoms with Crippen molar-refractivity contribution in [2.24, 2.45) is 5.28 Å². The second-order valence-electron chi connectivity index (χ2n) is 5.16. The van der Waals surface area contributed by atoms with E-state index in [-0.39, 0.29) is 22.8 Å². The van der Waals surface area contributed by atoms with Crippen LogP contribution in [0.1, 0.15) is 27.7 Å². The number of nitro groups is 2. The van der Waals surface area contributed by atoms with Gasteiger partial charge in [-0.1, -0.05) is 0 Å². The molecular formula is C12H17N5O6. The lowest BCUT2D eigenvalue weighted by atomic mass is 10.2. The molecule has 0 aliphatic rings. The average molecular weight is 327 g/mol. The summed E-state index contributed by atoms with van der Waals surface area (Å²) in [6.45, 7) is 7.09. The summed E-state index contributed by atoms with van der Waals surface area (Å²) in [6.07, 6.45) is 0. The number of nitrogens with zero attached hydrogens (tertiary/aromatic N) is 5. The van der Waals surface area contributed by atoms with Crippen molar-refractivity contribution in [3.63, 3.8) is 0 Å². The Kier molecular flexibility index (Phi) is 5.76. The minimum Gasteiger partial charge on any atom is -0.569 e. The SMILES string of the molecule is CC(C)N(C(C)C)/[N+]([O-])=N/Oc1ccc([N+](=O)[O-])cc1[N+](=O)[O-]. The predicted molar refractivity (Wildman–Crippen MR) is 78.5 cm³/mol. The van der Waals surface area contributed by atoms with Crippen molar-refractivity contribution in [3.8, 4) is 5.75 Å². The quantitative estimate of drug-likeness (QED) is 0.325. The summed E-state index contributed by atoms with van der Waals surface area (Å²) in [7, 11) is 0. The van der Waals surface area contributed by atoms with Crippen LogP contribution in [-0.2, 0) is 0 Å². The number of hydrazine groups is 1. The van der Waals surface area contributed by atoms with E-state index >= 15 is 0 Å². The van der Waals surface area contributed by atoms with Gasteiger partial charge in [0.2, 0.25) is 11.0 Å². The summed E-state index contributed by atoms with van der Waals surface area (Å²) in [5, 5.41) is 38.2. The van der Waals surface area contributed by atoms with E-state index in [4.69, 9.17) is 4.84 Å². The normalized spacial score (nSPS) is 11.7. The predicted octanol–water partition coefficient (Wildman–Crippen LogP) is 2.79. The van der Waals surface area contributed by atoms with E-state index in [1.165, 1.54) is 5.01 Å². The van der Waals surface area contributed by atoms with Gasteiger partial charge in [-0.05, 0) is 33.8 Å². The second-order valence-corrected chi connectivity index (χ2v) is 5.16. The van der Waals surface area contributed by atoms with Gasteiger partial charge >= 0.3 is 5.69 Å². The minimum absolute atomic E-state index is 0.174. The zero-order valence-corrected chi connectivity index (χ0v) is 13.1. The summed E-state index contributed by atoms with van der Waals surface area (Å²) in [5.41, 5.74) is -1.12. The maximum Gasteiger partial charge on any atom is 0.321 e. The van der Waals surface area contributed by atoms with Gasteiger partial charge in [-0.15, -0.1) is 5.01 Å². The van der Waals surface area contributed by atoms with Crippen LogP contribution in [0, 0.1) is 25.4 Å². The van der Waals surface area contributed by atoms with Gasteiger partial charge < -0.3 is 5.21 Å². The Morgan fingerprint density at radius 2 is 1.61 bits per heavy atom. The molecule has 0 saturated heterocycles. The Balaban J connectivity index is 3.11. The monoisotopic (exact) mass is 327 g/mol. The molecule has 23 heavy (non-hydrogen) atoms. The molecule has 0 saturated carbocycles. The van der Waals surface area contributed by atoms with Crippen molar-refractivity contribution in [3.05, 3.63) is 43.6 Å². The van der Waals surface area contributed by atoms with E-state index in [9.17, 15) is 25.4 Å². The highest BCUT2D eigenvalue weighted by Gasteiger charge is 2.24. The molecule has 0 N–H and O–H groups in total. The fourth-order valence-electron chi connectivity index (χ4n) is 1.95. The topological polar surface area (TPSA) is 137 Å². The van der Waals surface area contributed by atoms with Crippen LogP contribution in [-0.4, -0.2) is 31.9 Å². The van der Waals surface area contributed by atoms with Crippen molar-refractivity contribution >= 4 is 11.4 Å². The highest BCUT2D eigenvalue weighted by atomic mass is 16.7. The fraction of sp³-hybridized carbons (Fsp3) is 0.500. The highest BCUT2D eigenvalue weighted by molar-refractivity contribution is 5.53. The van der Waals surface area contributed by atoms with Gasteiger partial charge in [0.1, 0.15) is 0 Å². The van der Waals surface area contributed by atoms with Crippen LogP contribution in [0.5, 0.6) is 5.75 Å². The van der Waals surface area contributed by atoms with Gasteiger partial charge in [0.15, 0.2) is 0 Å². The van der Waals surface area contributed by atoms with Crippen molar-refractivity contribution in [2.45, 2.75) is 39.8 Å². The van der Waals surface area contributed by atoms with Gasteiger partial charge in [0.05, 0.1) is 33.0 Å². The van der Waals surface area contributed by atoms with Crippen LogP contribution in [0.15, 0.2) is 23.5 Å². The van der Waals surface area contributed by atoms with E-state index < -0.39 is 21.2 Å². The summed E-state index contributed by atoms with van der Waals surface area (Å²) >= 11 is 0. The first-order valence-electron chi connectivity index (χ1n) is 6.71. The summed E-state index contributed by atoms with van der Waals surface area (Å²) in [4.78, 5) is 25.0. The molecule has 0 heterocycles. The molecule has 1 rings (SSSR count). The number of rotatable bonds is 7. The Morgan fingerprint density at radius 3 is 2.04 bits per heavy atom. The standard InChI is InChI=1S/C12H17N5O6/c1-8(2)14(9(3)4)17(22)13-23-12-6-5-10(15(18)19)7-11(12)16(20)21/h5-9H,1-4H3/b17-13-. The van der Waals surface area contributed by atoms with E-state index in [1.807, 2.05) is 0 Å². The second kappa shape index (κ2) is 7.33. The van der Waals surface area contributed by atoms with Gasteiger partial charge in [0, 0.05) is 6.07 Å². The van der Waals surface area contributed by atoms with E-state index in [2.05, 4.69) is 5.28 Å². The Hall–Kier alpha value is -2.98. The van der Waals surface area contributed by atoms with Crippen LogP contribution in [0.3, 0.4) is 0 Å². The third kappa shape index (κ3) is 4.49. The first-order chi connectivity index (χ1) is 10.6. The first kappa shape index (κ1) is 18.1. The number of nitro benzene ring substituents is 2.